The Hall–Kier alpha value is -4.62. The highest BCUT2D eigenvalue weighted by Gasteiger charge is 2.29. The molecule has 0 saturated heterocycles. The quantitative estimate of drug-likeness (QED) is 0.117. The molecule has 1 aromatic heterocycles. The molecule has 0 aliphatic heterocycles. The number of H-pyrrole nitrogens is 1. The fraction of sp³-hybridized carbons (Fsp3) is 0.576. The summed E-state index contributed by atoms with van der Waals surface area (Å²) in [5, 5.41) is 10.8. The van der Waals surface area contributed by atoms with E-state index in [9.17, 15) is 24.0 Å². The highest BCUT2D eigenvalue weighted by molar-refractivity contribution is 6.05. The predicted molar refractivity (Wildman–Crippen MR) is 174 cm³/mol. The molecule has 4 amide bonds. The number of carbonyl (C=O) groups excluding carboxylic acids is 5. The van der Waals surface area contributed by atoms with Crippen LogP contribution >= 0.6 is 0 Å². The van der Waals surface area contributed by atoms with Gasteiger partial charge in [0.15, 0.2) is 5.69 Å². The Kier molecular flexibility index (Phi) is 13.8. The first kappa shape index (κ1) is 38.6. The summed E-state index contributed by atoms with van der Waals surface area (Å²) in [5.41, 5.74) is -0.606. The van der Waals surface area contributed by atoms with E-state index in [1.165, 1.54) is 6.33 Å². The minimum atomic E-state index is -1.01. The number of aromatic nitrogens is 2. The number of aromatic amines is 1. The highest BCUT2D eigenvalue weighted by Crippen LogP contribution is 2.14. The maximum absolute atomic E-state index is 13.2. The Bertz CT molecular complexity index is 1370. The first-order chi connectivity index (χ1) is 21.7. The lowest BCUT2D eigenvalue weighted by Gasteiger charge is -2.24. The van der Waals surface area contributed by atoms with E-state index in [2.05, 4.69) is 31.2 Å². The van der Waals surface area contributed by atoms with Crippen LogP contribution in [0, 0.1) is 0 Å². The van der Waals surface area contributed by atoms with Crippen LogP contribution in [0.15, 0.2) is 30.6 Å². The van der Waals surface area contributed by atoms with Crippen molar-refractivity contribution in [2.75, 3.05) is 6.54 Å². The van der Waals surface area contributed by atoms with Gasteiger partial charge in [0.2, 0.25) is 0 Å². The minimum absolute atomic E-state index is 0.0646. The van der Waals surface area contributed by atoms with E-state index in [4.69, 9.17) is 14.2 Å². The van der Waals surface area contributed by atoms with Crippen LogP contribution in [0.1, 0.15) is 114 Å². The van der Waals surface area contributed by atoms with Crippen molar-refractivity contribution in [2.24, 2.45) is 0 Å². The van der Waals surface area contributed by atoms with Crippen molar-refractivity contribution in [3.63, 3.8) is 0 Å². The van der Waals surface area contributed by atoms with Crippen LogP contribution in [0.25, 0.3) is 0 Å². The minimum Gasteiger partial charge on any atom is -0.458 e. The zero-order chi connectivity index (χ0) is 35.4. The molecule has 0 spiro atoms. The molecule has 1 aromatic carbocycles. The molecule has 5 N–H and O–H groups in total. The fourth-order valence-electron chi connectivity index (χ4n) is 4.00. The van der Waals surface area contributed by atoms with Crippen LogP contribution in [-0.2, 0) is 32.1 Å². The average Bonchev–Trinajstić information content (AvgIpc) is 3.42. The maximum atomic E-state index is 13.2. The number of alkyl carbamates (subject to hydrolysis) is 2. The summed E-state index contributed by atoms with van der Waals surface area (Å²) in [6.07, 6.45) is 1.39. The summed E-state index contributed by atoms with van der Waals surface area (Å²) in [5.74, 6) is -1.91. The topological polar surface area (TPSA) is 190 Å². The van der Waals surface area contributed by atoms with Gasteiger partial charge in [-0.05, 0) is 92.7 Å². The number of hydrogen-bond donors (Lipinski definition) is 5. The van der Waals surface area contributed by atoms with Crippen LogP contribution in [0.5, 0.6) is 0 Å². The zero-order valence-electron chi connectivity index (χ0n) is 28.9. The summed E-state index contributed by atoms with van der Waals surface area (Å²) >= 11 is 0. The van der Waals surface area contributed by atoms with E-state index in [0.717, 1.165) is 11.1 Å². The summed E-state index contributed by atoms with van der Waals surface area (Å²) in [4.78, 5) is 69.7. The van der Waals surface area contributed by atoms with Crippen molar-refractivity contribution in [1.29, 1.82) is 0 Å². The third-order valence-electron chi connectivity index (χ3n) is 5.98. The van der Waals surface area contributed by atoms with Crippen molar-refractivity contribution < 1.29 is 38.2 Å². The summed E-state index contributed by atoms with van der Waals surface area (Å²) in [6.45, 7) is 16.6. The Balaban J connectivity index is 1.96. The lowest BCUT2D eigenvalue weighted by Crippen LogP contribution is -2.45. The third kappa shape index (κ3) is 15.5. The number of nitrogens with one attached hydrogen (secondary N) is 5. The summed E-state index contributed by atoms with van der Waals surface area (Å²) in [7, 11) is 0. The Labute approximate surface area is 276 Å². The molecule has 0 radical (unpaired) electrons. The van der Waals surface area contributed by atoms with Gasteiger partial charge in [0, 0.05) is 19.6 Å². The van der Waals surface area contributed by atoms with Crippen molar-refractivity contribution in [2.45, 2.75) is 118 Å². The number of amides is 4. The van der Waals surface area contributed by atoms with Crippen molar-refractivity contribution in [3.05, 3.63) is 53.1 Å². The van der Waals surface area contributed by atoms with Gasteiger partial charge >= 0.3 is 18.2 Å². The number of rotatable bonds is 13. The second kappa shape index (κ2) is 16.8. The fourth-order valence-corrected chi connectivity index (χ4v) is 4.00. The van der Waals surface area contributed by atoms with Crippen LogP contribution in [0.4, 0.5) is 9.59 Å². The Morgan fingerprint density at radius 3 is 1.74 bits per heavy atom. The van der Waals surface area contributed by atoms with E-state index < -0.39 is 52.8 Å². The van der Waals surface area contributed by atoms with E-state index in [1.54, 1.807) is 74.4 Å². The first-order valence-electron chi connectivity index (χ1n) is 15.6. The Morgan fingerprint density at radius 1 is 0.702 bits per heavy atom. The Morgan fingerprint density at radius 2 is 1.21 bits per heavy atom. The second-order valence-corrected chi connectivity index (χ2v) is 14.0. The van der Waals surface area contributed by atoms with Gasteiger partial charge in [-0.1, -0.05) is 24.3 Å². The SMILES string of the molecule is CC(C)(C)OC(=O)NCCCC[C@H](NC(=O)c1nc[nH]c1C(=O)NCc1ccc(CNC(=O)OC(C)(C)C)cc1)C(=O)OC(C)(C)C. The molecule has 2 aromatic rings. The number of hydrogen-bond acceptors (Lipinski definition) is 9. The van der Waals surface area contributed by atoms with Gasteiger partial charge in [-0.15, -0.1) is 0 Å². The first-order valence-corrected chi connectivity index (χ1v) is 15.6. The van der Waals surface area contributed by atoms with E-state index in [0.29, 0.717) is 19.4 Å². The number of ether oxygens (including phenoxy) is 3. The molecule has 1 atom stereocenters. The molecule has 0 fully saturated rings. The summed E-state index contributed by atoms with van der Waals surface area (Å²) < 4.78 is 16.0. The second-order valence-electron chi connectivity index (χ2n) is 14.0. The monoisotopic (exact) mass is 658 g/mol. The molecule has 0 unspecified atom stereocenters. The standard InChI is InChI=1S/C33H50N6O8/c1-31(2,3)45-28(42)23(12-10-11-17-34-29(43)46-32(4,5)6)39-27(41)25-24(37-20-38-25)26(40)35-18-21-13-15-22(16-14-21)19-36-30(44)47-33(7,8)9/h13-16,20,23H,10-12,17-19H2,1-9H3,(H,34,43)(H,35,40)(H,36,44)(H,37,38)(H,39,41)/t23-/m0/s1. The number of esters is 1. The molecule has 0 aliphatic rings. The predicted octanol–water partition coefficient (Wildman–Crippen LogP) is 4.50. The van der Waals surface area contributed by atoms with Gasteiger partial charge in [-0.25, -0.2) is 19.4 Å². The van der Waals surface area contributed by atoms with E-state index >= 15 is 0 Å². The molecule has 0 aliphatic carbocycles. The van der Waals surface area contributed by atoms with Gasteiger partial charge < -0.3 is 40.5 Å². The number of unbranched alkanes of at least 4 members (excludes halogenated alkanes) is 1. The van der Waals surface area contributed by atoms with Gasteiger partial charge in [-0.3, -0.25) is 9.59 Å². The molecule has 14 nitrogen and oxygen atoms in total. The molecule has 0 bridgehead atoms. The lowest BCUT2D eigenvalue weighted by molar-refractivity contribution is -0.157. The lowest BCUT2D eigenvalue weighted by atomic mass is 10.1. The van der Waals surface area contributed by atoms with E-state index in [1.807, 2.05) is 12.1 Å². The highest BCUT2D eigenvalue weighted by atomic mass is 16.6. The van der Waals surface area contributed by atoms with Gasteiger partial charge in [0.1, 0.15) is 28.5 Å². The molecule has 47 heavy (non-hydrogen) atoms. The molecule has 260 valence electrons. The zero-order valence-corrected chi connectivity index (χ0v) is 28.9. The molecular formula is C33H50N6O8. The molecule has 2 rings (SSSR count). The normalized spacial score (nSPS) is 12.4. The van der Waals surface area contributed by atoms with Crippen LogP contribution < -0.4 is 21.3 Å². The number of imidazole rings is 1. The molecular weight excluding hydrogens is 608 g/mol. The van der Waals surface area contributed by atoms with E-state index in [-0.39, 0.29) is 30.9 Å². The smallest absolute Gasteiger partial charge is 0.407 e. The van der Waals surface area contributed by atoms with Gasteiger partial charge in [0.05, 0.1) is 6.33 Å². The molecule has 0 saturated carbocycles. The van der Waals surface area contributed by atoms with Crippen LogP contribution in [0.3, 0.4) is 0 Å². The summed E-state index contributed by atoms with van der Waals surface area (Å²) in [6, 6.07) is 6.23. The third-order valence-corrected chi connectivity index (χ3v) is 5.98. The average molecular weight is 659 g/mol. The van der Waals surface area contributed by atoms with Crippen LogP contribution in [-0.4, -0.2) is 69.3 Å². The van der Waals surface area contributed by atoms with Crippen molar-refractivity contribution in [1.82, 2.24) is 31.2 Å². The van der Waals surface area contributed by atoms with Crippen LogP contribution in [0.2, 0.25) is 0 Å². The maximum Gasteiger partial charge on any atom is 0.407 e. The molecule has 1 heterocycles. The number of nitrogens with zero attached hydrogens (tertiary/aromatic N) is 1. The number of carbonyl (C=O) groups is 5. The van der Waals surface area contributed by atoms with Crippen molar-refractivity contribution in [3.8, 4) is 0 Å². The number of benzene rings is 1. The molecule has 14 heteroatoms. The largest absolute Gasteiger partial charge is 0.458 e. The van der Waals surface area contributed by atoms with Crippen molar-refractivity contribution >= 4 is 30.0 Å². The van der Waals surface area contributed by atoms with Gasteiger partial charge in [-0.2, -0.15) is 0 Å². The van der Waals surface area contributed by atoms with Gasteiger partial charge in [0.25, 0.3) is 11.8 Å².